The maximum Gasteiger partial charge on any atom is 0.248 e. The number of carbonyl (C=O) groups is 1. The van der Waals surface area contributed by atoms with Gasteiger partial charge in [0.25, 0.3) is 0 Å². The number of ether oxygens (including phenoxy) is 2. The van der Waals surface area contributed by atoms with Crippen molar-refractivity contribution in [2.45, 2.75) is 20.3 Å². The SMILES string of the molecule is CCc1ccccc1NC(=O)/C=C(\C)c1cc2c(-c3ccccc3OC)coc2cc1OC. The van der Waals surface area contributed by atoms with E-state index in [1.54, 1.807) is 26.6 Å². The molecule has 3 aromatic carbocycles. The minimum atomic E-state index is -0.187. The number of carbonyl (C=O) groups excluding carboxylic acids is 1. The highest BCUT2D eigenvalue weighted by atomic mass is 16.5. The number of amides is 1. The zero-order valence-corrected chi connectivity index (χ0v) is 19.3. The number of para-hydroxylation sites is 2. The molecule has 0 atom stereocenters. The highest BCUT2D eigenvalue weighted by Crippen LogP contribution is 2.40. The van der Waals surface area contributed by atoms with E-state index in [2.05, 4.69) is 12.2 Å². The van der Waals surface area contributed by atoms with Crippen LogP contribution in [0.5, 0.6) is 11.5 Å². The molecule has 5 nitrogen and oxygen atoms in total. The standard InChI is InChI=1S/C28H27NO4/c1-5-19-10-6-8-12-24(19)29-28(30)14-18(2)21-15-22-23(17-33-27(22)16-26(21)32-4)20-11-7-9-13-25(20)31-3/h6-17H,5H2,1-4H3,(H,29,30)/b18-14+. The molecular weight excluding hydrogens is 414 g/mol. The van der Waals surface area contributed by atoms with Crippen LogP contribution in [0.2, 0.25) is 0 Å². The number of anilines is 1. The molecular formula is C28H27NO4. The fraction of sp³-hybridized carbons (Fsp3) is 0.179. The van der Waals surface area contributed by atoms with Crippen LogP contribution >= 0.6 is 0 Å². The maximum absolute atomic E-state index is 12.8. The van der Waals surface area contributed by atoms with Crippen LogP contribution in [-0.2, 0) is 11.2 Å². The molecule has 0 aliphatic rings. The molecule has 0 saturated carbocycles. The smallest absolute Gasteiger partial charge is 0.248 e. The second kappa shape index (κ2) is 9.65. The molecule has 168 valence electrons. The lowest BCUT2D eigenvalue weighted by molar-refractivity contribution is -0.111. The van der Waals surface area contributed by atoms with Crippen LogP contribution in [-0.4, -0.2) is 20.1 Å². The summed E-state index contributed by atoms with van der Waals surface area (Å²) in [5, 5.41) is 3.91. The van der Waals surface area contributed by atoms with Gasteiger partial charge in [0.15, 0.2) is 0 Å². The molecule has 1 amide bonds. The predicted molar refractivity (Wildman–Crippen MR) is 133 cm³/mol. The molecule has 5 heteroatoms. The quantitative estimate of drug-likeness (QED) is 0.323. The van der Waals surface area contributed by atoms with E-state index in [0.717, 1.165) is 51.1 Å². The zero-order valence-electron chi connectivity index (χ0n) is 19.3. The Hall–Kier alpha value is -3.99. The summed E-state index contributed by atoms with van der Waals surface area (Å²) >= 11 is 0. The third-order valence-corrected chi connectivity index (χ3v) is 5.72. The third kappa shape index (κ3) is 4.48. The number of aryl methyl sites for hydroxylation is 1. The molecule has 33 heavy (non-hydrogen) atoms. The second-order valence-electron chi connectivity index (χ2n) is 7.73. The Bertz CT molecular complexity index is 1330. The van der Waals surface area contributed by atoms with Crippen molar-refractivity contribution >= 4 is 28.1 Å². The summed E-state index contributed by atoms with van der Waals surface area (Å²) < 4.78 is 17.0. The molecule has 0 unspecified atom stereocenters. The monoisotopic (exact) mass is 441 g/mol. The summed E-state index contributed by atoms with van der Waals surface area (Å²) in [7, 11) is 3.26. The van der Waals surface area contributed by atoms with Gasteiger partial charge in [-0.25, -0.2) is 0 Å². The highest BCUT2D eigenvalue weighted by Gasteiger charge is 2.17. The van der Waals surface area contributed by atoms with Gasteiger partial charge in [0.1, 0.15) is 17.1 Å². The number of nitrogens with one attached hydrogen (secondary N) is 1. The molecule has 0 aliphatic heterocycles. The van der Waals surface area contributed by atoms with Gasteiger partial charge in [0.2, 0.25) is 5.91 Å². The van der Waals surface area contributed by atoms with E-state index in [9.17, 15) is 4.79 Å². The number of hydrogen-bond acceptors (Lipinski definition) is 4. The first-order chi connectivity index (χ1) is 16.0. The van der Waals surface area contributed by atoms with Crippen molar-refractivity contribution in [2.24, 2.45) is 0 Å². The lowest BCUT2D eigenvalue weighted by Crippen LogP contribution is -2.10. The van der Waals surface area contributed by atoms with E-state index >= 15 is 0 Å². The van der Waals surface area contributed by atoms with Crippen molar-refractivity contribution in [1.82, 2.24) is 0 Å². The summed E-state index contributed by atoms with van der Waals surface area (Å²) in [6.07, 6.45) is 4.16. The van der Waals surface area contributed by atoms with Crippen molar-refractivity contribution < 1.29 is 18.7 Å². The highest BCUT2D eigenvalue weighted by molar-refractivity contribution is 6.05. The van der Waals surface area contributed by atoms with Crippen LogP contribution < -0.4 is 14.8 Å². The summed E-state index contributed by atoms with van der Waals surface area (Å²) in [6, 6.07) is 19.5. The summed E-state index contributed by atoms with van der Waals surface area (Å²) in [5.74, 6) is 1.21. The largest absolute Gasteiger partial charge is 0.496 e. The first-order valence-electron chi connectivity index (χ1n) is 10.9. The molecule has 4 rings (SSSR count). The summed E-state index contributed by atoms with van der Waals surface area (Å²) in [5.41, 5.74) is 6.07. The van der Waals surface area contributed by atoms with Gasteiger partial charge in [0.05, 0.1) is 20.5 Å². The lowest BCUT2D eigenvalue weighted by atomic mass is 9.98. The molecule has 0 fully saturated rings. The van der Waals surface area contributed by atoms with Crippen LogP contribution in [0.15, 0.2) is 77.4 Å². The Labute approximate surface area is 193 Å². The van der Waals surface area contributed by atoms with Crippen molar-refractivity contribution in [3.8, 4) is 22.6 Å². The van der Waals surface area contributed by atoms with Crippen LogP contribution in [0, 0.1) is 0 Å². The number of fused-ring (bicyclic) bond motifs is 1. The minimum Gasteiger partial charge on any atom is -0.496 e. The lowest BCUT2D eigenvalue weighted by Gasteiger charge is -2.12. The Morgan fingerprint density at radius 1 is 0.970 bits per heavy atom. The molecule has 1 N–H and O–H groups in total. The van der Waals surface area contributed by atoms with E-state index in [1.165, 1.54) is 0 Å². The average molecular weight is 442 g/mol. The van der Waals surface area contributed by atoms with Gasteiger partial charge in [0, 0.05) is 39.9 Å². The van der Waals surface area contributed by atoms with E-state index in [1.807, 2.05) is 67.6 Å². The van der Waals surface area contributed by atoms with E-state index in [-0.39, 0.29) is 5.91 Å². The first kappa shape index (κ1) is 22.2. The Balaban J connectivity index is 1.74. The predicted octanol–water partition coefficient (Wildman–Crippen LogP) is 6.72. The van der Waals surface area contributed by atoms with E-state index in [4.69, 9.17) is 13.9 Å². The topological polar surface area (TPSA) is 60.7 Å². The van der Waals surface area contributed by atoms with Crippen molar-refractivity contribution in [3.63, 3.8) is 0 Å². The van der Waals surface area contributed by atoms with Crippen LogP contribution in [0.1, 0.15) is 25.0 Å². The molecule has 0 spiro atoms. The molecule has 0 radical (unpaired) electrons. The van der Waals surface area contributed by atoms with Crippen molar-refractivity contribution in [3.05, 3.63) is 84.1 Å². The van der Waals surface area contributed by atoms with Crippen molar-refractivity contribution in [2.75, 3.05) is 19.5 Å². The van der Waals surface area contributed by atoms with Crippen LogP contribution in [0.4, 0.5) is 5.69 Å². The summed E-state index contributed by atoms with van der Waals surface area (Å²) in [6.45, 7) is 3.97. The number of benzene rings is 3. The number of rotatable bonds is 7. The van der Waals surface area contributed by atoms with Crippen molar-refractivity contribution in [1.29, 1.82) is 0 Å². The Morgan fingerprint density at radius 3 is 2.45 bits per heavy atom. The molecule has 4 aromatic rings. The third-order valence-electron chi connectivity index (χ3n) is 5.72. The van der Waals surface area contributed by atoms with Gasteiger partial charge in [-0.05, 0) is 42.7 Å². The molecule has 1 heterocycles. The van der Waals surface area contributed by atoms with Gasteiger partial charge >= 0.3 is 0 Å². The van der Waals surface area contributed by atoms with E-state index < -0.39 is 0 Å². The Morgan fingerprint density at radius 2 is 1.70 bits per heavy atom. The molecule has 0 saturated heterocycles. The van der Waals surface area contributed by atoms with E-state index in [0.29, 0.717) is 11.3 Å². The van der Waals surface area contributed by atoms with Gasteiger partial charge in [-0.3, -0.25) is 4.79 Å². The van der Waals surface area contributed by atoms with Gasteiger partial charge in [-0.15, -0.1) is 0 Å². The average Bonchev–Trinajstić information content (AvgIpc) is 3.26. The summed E-state index contributed by atoms with van der Waals surface area (Å²) in [4.78, 5) is 12.8. The number of furan rings is 1. The number of hydrogen-bond donors (Lipinski definition) is 1. The van der Waals surface area contributed by atoms with Gasteiger partial charge in [-0.2, -0.15) is 0 Å². The molecule has 0 bridgehead atoms. The minimum absolute atomic E-state index is 0.187. The van der Waals surface area contributed by atoms with Crippen LogP contribution in [0.25, 0.3) is 27.7 Å². The van der Waals surface area contributed by atoms with Gasteiger partial charge in [-0.1, -0.05) is 43.3 Å². The fourth-order valence-electron chi connectivity index (χ4n) is 4.00. The zero-order chi connectivity index (χ0) is 23.4. The number of allylic oxidation sites excluding steroid dienone is 1. The Kier molecular flexibility index (Phi) is 6.50. The second-order valence-corrected chi connectivity index (χ2v) is 7.73. The molecule has 0 aliphatic carbocycles. The normalized spacial score (nSPS) is 11.5. The fourth-order valence-corrected chi connectivity index (χ4v) is 4.00. The first-order valence-corrected chi connectivity index (χ1v) is 10.9. The maximum atomic E-state index is 12.8. The van der Waals surface area contributed by atoms with Crippen LogP contribution in [0.3, 0.4) is 0 Å². The number of methoxy groups -OCH3 is 2. The molecule has 1 aromatic heterocycles. The van der Waals surface area contributed by atoms with Gasteiger partial charge < -0.3 is 19.2 Å².